The number of nitrogens with one attached hydrogen (secondary N) is 1. The normalized spacial score (nSPS) is 20.2. The highest BCUT2D eigenvalue weighted by Gasteiger charge is 2.31. The fraction of sp³-hybridized carbons (Fsp3) is 0.588. The molecule has 122 valence electrons. The molecule has 1 fully saturated rings. The van der Waals surface area contributed by atoms with Gasteiger partial charge < -0.3 is 16.0 Å². The lowest BCUT2D eigenvalue weighted by Crippen LogP contribution is -2.53. The number of carbonyl (C=O) groups is 1. The number of benzene rings is 1. The van der Waals surface area contributed by atoms with Gasteiger partial charge in [0.1, 0.15) is 5.54 Å². The molecule has 0 bridgehead atoms. The third-order valence-corrected chi connectivity index (χ3v) is 4.80. The molecule has 2 rings (SSSR count). The lowest BCUT2D eigenvalue weighted by molar-refractivity contribution is -0.126. The second kappa shape index (κ2) is 7.57. The SMILES string of the molecule is CC(CN1CCCCC1)NC(=O)C(C)(N)c1ccc(Br)cc1. The number of carbonyl (C=O) groups excluding carboxylic acids is 1. The molecule has 5 heteroatoms. The van der Waals surface area contributed by atoms with E-state index in [1.807, 2.05) is 31.2 Å². The maximum atomic E-state index is 12.5. The van der Waals surface area contributed by atoms with E-state index < -0.39 is 5.54 Å². The Balaban J connectivity index is 1.93. The molecule has 1 aromatic rings. The minimum absolute atomic E-state index is 0.101. The highest BCUT2D eigenvalue weighted by atomic mass is 79.9. The fourth-order valence-electron chi connectivity index (χ4n) is 2.88. The van der Waals surface area contributed by atoms with Crippen LogP contribution in [0.1, 0.15) is 38.7 Å². The van der Waals surface area contributed by atoms with Crippen molar-refractivity contribution in [3.63, 3.8) is 0 Å². The van der Waals surface area contributed by atoms with Crippen LogP contribution in [0.3, 0.4) is 0 Å². The van der Waals surface area contributed by atoms with Gasteiger partial charge in [0.25, 0.3) is 0 Å². The van der Waals surface area contributed by atoms with Gasteiger partial charge in [-0.05, 0) is 57.5 Å². The molecule has 22 heavy (non-hydrogen) atoms. The van der Waals surface area contributed by atoms with Gasteiger partial charge in [-0.25, -0.2) is 0 Å². The summed E-state index contributed by atoms with van der Waals surface area (Å²) in [5.74, 6) is -0.126. The largest absolute Gasteiger partial charge is 0.350 e. The van der Waals surface area contributed by atoms with Gasteiger partial charge in [0, 0.05) is 17.1 Å². The summed E-state index contributed by atoms with van der Waals surface area (Å²) in [6, 6.07) is 7.69. The van der Waals surface area contributed by atoms with Crippen LogP contribution in [0.25, 0.3) is 0 Å². The molecular formula is C17H26BrN3O. The molecule has 1 aliphatic rings. The van der Waals surface area contributed by atoms with Crippen LogP contribution < -0.4 is 11.1 Å². The summed E-state index contributed by atoms with van der Waals surface area (Å²) < 4.78 is 0.978. The predicted molar refractivity (Wildman–Crippen MR) is 93.6 cm³/mol. The second-order valence-corrected chi connectivity index (χ2v) is 7.36. The summed E-state index contributed by atoms with van der Waals surface area (Å²) in [5, 5.41) is 3.06. The molecule has 4 nitrogen and oxygen atoms in total. The molecule has 1 amide bonds. The molecule has 1 saturated heterocycles. The Morgan fingerprint density at radius 3 is 2.50 bits per heavy atom. The average molecular weight is 368 g/mol. The highest BCUT2D eigenvalue weighted by molar-refractivity contribution is 9.10. The molecule has 0 spiro atoms. The van der Waals surface area contributed by atoms with E-state index in [0.717, 1.165) is 29.7 Å². The van der Waals surface area contributed by atoms with E-state index in [2.05, 4.69) is 26.1 Å². The molecule has 0 aromatic heterocycles. The van der Waals surface area contributed by atoms with Crippen LogP contribution in [0.4, 0.5) is 0 Å². The van der Waals surface area contributed by atoms with Gasteiger partial charge in [-0.2, -0.15) is 0 Å². The van der Waals surface area contributed by atoms with Crippen LogP contribution in [-0.2, 0) is 10.3 Å². The number of piperidine rings is 1. The summed E-state index contributed by atoms with van der Waals surface area (Å²) in [7, 11) is 0. The number of nitrogens with two attached hydrogens (primary N) is 1. The Kier molecular flexibility index (Phi) is 6.01. The predicted octanol–water partition coefficient (Wildman–Crippen LogP) is 2.61. The van der Waals surface area contributed by atoms with Crippen molar-refractivity contribution in [1.82, 2.24) is 10.2 Å². The molecular weight excluding hydrogens is 342 g/mol. The first kappa shape index (κ1) is 17.4. The summed E-state index contributed by atoms with van der Waals surface area (Å²) in [6.07, 6.45) is 3.84. The van der Waals surface area contributed by atoms with Gasteiger partial charge in [-0.3, -0.25) is 4.79 Å². The van der Waals surface area contributed by atoms with Gasteiger partial charge in [0.05, 0.1) is 0 Å². The fourth-order valence-corrected chi connectivity index (χ4v) is 3.14. The number of halogens is 1. The van der Waals surface area contributed by atoms with E-state index in [0.29, 0.717) is 0 Å². The van der Waals surface area contributed by atoms with Crippen LogP contribution in [0, 0.1) is 0 Å². The number of hydrogen-bond acceptors (Lipinski definition) is 3. The van der Waals surface area contributed by atoms with Crippen LogP contribution in [0.2, 0.25) is 0 Å². The minimum Gasteiger partial charge on any atom is -0.350 e. The quantitative estimate of drug-likeness (QED) is 0.840. The summed E-state index contributed by atoms with van der Waals surface area (Å²) in [6.45, 7) is 6.96. The highest BCUT2D eigenvalue weighted by Crippen LogP contribution is 2.21. The number of likely N-dealkylation sites (tertiary alicyclic amines) is 1. The van der Waals surface area contributed by atoms with Crippen LogP contribution >= 0.6 is 15.9 Å². The first-order chi connectivity index (χ1) is 10.4. The molecule has 2 atom stereocenters. The zero-order valence-corrected chi connectivity index (χ0v) is 15.0. The minimum atomic E-state index is -1.02. The van der Waals surface area contributed by atoms with Gasteiger partial charge in [-0.15, -0.1) is 0 Å². The van der Waals surface area contributed by atoms with Crippen molar-refractivity contribution in [3.8, 4) is 0 Å². The average Bonchev–Trinajstić information content (AvgIpc) is 2.48. The van der Waals surface area contributed by atoms with E-state index in [1.54, 1.807) is 6.92 Å². The van der Waals surface area contributed by atoms with Crippen molar-refractivity contribution in [2.24, 2.45) is 5.73 Å². The number of nitrogens with zero attached hydrogens (tertiary/aromatic N) is 1. The van der Waals surface area contributed by atoms with Crippen LogP contribution in [0.15, 0.2) is 28.7 Å². The second-order valence-electron chi connectivity index (χ2n) is 6.45. The summed E-state index contributed by atoms with van der Waals surface area (Å²) in [5.41, 5.74) is 6.07. The van der Waals surface area contributed by atoms with Crippen molar-refractivity contribution in [2.75, 3.05) is 19.6 Å². The van der Waals surface area contributed by atoms with Gasteiger partial charge in [0.15, 0.2) is 0 Å². The van der Waals surface area contributed by atoms with Crippen molar-refractivity contribution < 1.29 is 4.79 Å². The first-order valence-electron chi connectivity index (χ1n) is 7.98. The summed E-state index contributed by atoms with van der Waals surface area (Å²) in [4.78, 5) is 15.0. The van der Waals surface area contributed by atoms with E-state index >= 15 is 0 Å². The Morgan fingerprint density at radius 2 is 1.91 bits per heavy atom. The smallest absolute Gasteiger partial charge is 0.244 e. The van der Waals surface area contributed by atoms with Crippen LogP contribution in [-0.4, -0.2) is 36.5 Å². The standard InChI is InChI=1S/C17H26BrN3O/c1-13(12-21-10-4-3-5-11-21)20-16(22)17(2,19)14-6-8-15(18)9-7-14/h6-9,13H,3-5,10-12,19H2,1-2H3,(H,20,22). The Labute approximate surface area is 141 Å². The number of hydrogen-bond donors (Lipinski definition) is 2. The third kappa shape index (κ3) is 4.54. The van der Waals surface area contributed by atoms with E-state index in [-0.39, 0.29) is 11.9 Å². The Bertz CT molecular complexity index is 495. The molecule has 3 N–H and O–H groups in total. The maximum Gasteiger partial charge on any atom is 0.244 e. The topological polar surface area (TPSA) is 58.4 Å². The maximum absolute atomic E-state index is 12.5. The van der Waals surface area contributed by atoms with Gasteiger partial charge in [-0.1, -0.05) is 34.5 Å². The van der Waals surface area contributed by atoms with Crippen molar-refractivity contribution in [1.29, 1.82) is 0 Å². The van der Waals surface area contributed by atoms with E-state index in [4.69, 9.17) is 5.73 Å². The zero-order valence-electron chi connectivity index (χ0n) is 13.4. The Morgan fingerprint density at radius 1 is 1.32 bits per heavy atom. The first-order valence-corrected chi connectivity index (χ1v) is 8.77. The zero-order chi connectivity index (χ0) is 16.2. The third-order valence-electron chi connectivity index (χ3n) is 4.27. The molecule has 1 heterocycles. The lowest BCUT2D eigenvalue weighted by Gasteiger charge is -2.31. The molecule has 0 aliphatic carbocycles. The van der Waals surface area contributed by atoms with Crippen molar-refractivity contribution >= 4 is 21.8 Å². The monoisotopic (exact) mass is 367 g/mol. The van der Waals surface area contributed by atoms with Crippen molar-refractivity contribution in [3.05, 3.63) is 34.3 Å². The summed E-state index contributed by atoms with van der Waals surface area (Å²) >= 11 is 3.40. The molecule has 2 unspecified atom stereocenters. The van der Waals surface area contributed by atoms with Gasteiger partial charge >= 0.3 is 0 Å². The molecule has 0 radical (unpaired) electrons. The van der Waals surface area contributed by atoms with Crippen molar-refractivity contribution in [2.45, 2.75) is 44.7 Å². The number of amides is 1. The van der Waals surface area contributed by atoms with Crippen LogP contribution in [0.5, 0.6) is 0 Å². The lowest BCUT2D eigenvalue weighted by atomic mass is 9.92. The molecule has 1 aliphatic heterocycles. The van der Waals surface area contributed by atoms with Gasteiger partial charge in [0.2, 0.25) is 5.91 Å². The Hall–Kier alpha value is -0.910. The molecule has 1 aromatic carbocycles. The van der Waals surface area contributed by atoms with E-state index in [1.165, 1.54) is 19.3 Å². The molecule has 0 saturated carbocycles. The van der Waals surface area contributed by atoms with E-state index in [9.17, 15) is 4.79 Å². The number of rotatable bonds is 5.